The van der Waals surface area contributed by atoms with Crippen LogP contribution in [0.2, 0.25) is 0 Å². The zero-order chi connectivity index (χ0) is 11.5. The molecule has 0 spiro atoms. The maximum atomic E-state index is 12.3. The van der Waals surface area contributed by atoms with E-state index >= 15 is 0 Å². The van der Waals surface area contributed by atoms with Gasteiger partial charge in [0.15, 0.2) is 0 Å². The Labute approximate surface area is 95.8 Å². The molecule has 2 aliphatic heterocycles. The molecule has 2 aliphatic rings. The van der Waals surface area contributed by atoms with Gasteiger partial charge in [-0.05, 0) is 5.92 Å². The Hall–Kier alpha value is -1.10. The minimum absolute atomic E-state index is 0.0712. The lowest BCUT2D eigenvalue weighted by molar-refractivity contribution is -0.137. The molecule has 0 bridgehead atoms. The van der Waals surface area contributed by atoms with E-state index in [2.05, 4.69) is 24.4 Å². The van der Waals surface area contributed by atoms with Crippen LogP contribution in [0.4, 0.5) is 0 Å². The first-order valence-corrected chi connectivity index (χ1v) is 5.87. The molecule has 1 N–H and O–H groups in total. The van der Waals surface area contributed by atoms with Gasteiger partial charge in [0.05, 0.1) is 24.8 Å². The van der Waals surface area contributed by atoms with Crippen LogP contribution in [-0.4, -0.2) is 49.4 Å². The lowest BCUT2D eigenvalue weighted by Crippen LogP contribution is -2.46. The summed E-state index contributed by atoms with van der Waals surface area (Å²) < 4.78 is 5.25. The van der Waals surface area contributed by atoms with Crippen LogP contribution in [0.15, 0.2) is 5.10 Å². The molecule has 5 heteroatoms. The van der Waals surface area contributed by atoms with Crippen LogP contribution in [0.25, 0.3) is 0 Å². The standard InChI is InChI=1S/C11H19N3O2/c1-8(2)10-9(7-12-13-10)11(15)14-3-5-16-6-4-14/h8-9,12H,3-7H2,1-2H3. The van der Waals surface area contributed by atoms with Crippen LogP contribution in [0.3, 0.4) is 0 Å². The summed E-state index contributed by atoms with van der Waals surface area (Å²) in [6, 6.07) is 0. The second-order valence-electron chi connectivity index (χ2n) is 4.54. The van der Waals surface area contributed by atoms with Crippen molar-refractivity contribution >= 4 is 11.6 Å². The maximum Gasteiger partial charge on any atom is 0.233 e. The van der Waals surface area contributed by atoms with E-state index in [1.807, 2.05) is 4.90 Å². The molecule has 1 amide bonds. The van der Waals surface area contributed by atoms with Crippen LogP contribution in [0, 0.1) is 11.8 Å². The number of nitrogens with zero attached hydrogens (tertiary/aromatic N) is 2. The van der Waals surface area contributed by atoms with Gasteiger partial charge in [0.1, 0.15) is 0 Å². The third-order valence-electron chi connectivity index (χ3n) is 3.07. The van der Waals surface area contributed by atoms with Crippen LogP contribution in [0.5, 0.6) is 0 Å². The van der Waals surface area contributed by atoms with Crippen molar-refractivity contribution in [1.29, 1.82) is 0 Å². The van der Waals surface area contributed by atoms with Gasteiger partial charge < -0.3 is 15.1 Å². The molecule has 2 heterocycles. The van der Waals surface area contributed by atoms with Crippen molar-refractivity contribution in [3.8, 4) is 0 Å². The third-order valence-corrected chi connectivity index (χ3v) is 3.07. The summed E-state index contributed by atoms with van der Waals surface area (Å²) in [5.74, 6) is 0.448. The molecule has 0 saturated carbocycles. The molecular weight excluding hydrogens is 206 g/mol. The molecule has 1 saturated heterocycles. The molecule has 5 nitrogen and oxygen atoms in total. The van der Waals surface area contributed by atoms with Gasteiger partial charge in [0.25, 0.3) is 0 Å². The third kappa shape index (κ3) is 2.19. The van der Waals surface area contributed by atoms with E-state index in [1.54, 1.807) is 0 Å². The molecule has 2 rings (SSSR count). The van der Waals surface area contributed by atoms with Gasteiger partial charge in [-0.2, -0.15) is 5.10 Å². The number of morpholine rings is 1. The van der Waals surface area contributed by atoms with E-state index in [9.17, 15) is 4.79 Å². The van der Waals surface area contributed by atoms with Crippen LogP contribution in [0.1, 0.15) is 13.8 Å². The summed E-state index contributed by atoms with van der Waals surface area (Å²) in [6.07, 6.45) is 0. The zero-order valence-electron chi connectivity index (χ0n) is 9.90. The highest BCUT2D eigenvalue weighted by molar-refractivity contribution is 6.06. The average molecular weight is 225 g/mol. The Bertz CT molecular complexity index is 296. The van der Waals surface area contributed by atoms with Crippen LogP contribution < -0.4 is 5.43 Å². The number of rotatable bonds is 2. The number of ether oxygens (including phenoxy) is 1. The predicted octanol–water partition coefficient (Wildman–Crippen LogP) is 0.0766. The first kappa shape index (κ1) is 11.4. The minimum atomic E-state index is -0.0712. The number of hydrazone groups is 1. The number of hydrogen-bond donors (Lipinski definition) is 1. The molecule has 0 aromatic carbocycles. The van der Waals surface area contributed by atoms with Gasteiger partial charge in [0, 0.05) is 19.6 Å². The largest absolute Gasteiger partial charge is 0.378 e. The Morgan fingerprint density at radius 3 is 2.81 bits per heavy atom. The first-order chi connectivity index (χ1) is 7.70. The zero-order valence-corrected chi connectivity index (χ0v) is 9.90. The highest BCUT2D eigenvalue weighted by Gasteiger charge is 2.33. The highest BCUT2D eigenvalue weighted by atomic mass is 16.5. The minimum Gasteiger partial charge on any atom is -0.378 e. The van der Waals surface area contributed by atoms with Gasteiger partial charge in [-0.3, -0.25) is 4.79 Å². The summed E-state index contributed by atoms with van der Waals surface area (Å²) >= 11 is 0. The van der Waals surface area contributed by atoms with E-state index < -0.39 is 0 Å². The number of nitrogens with one attached hydrogen (secondary N) is 1. The van der Waals surface area contributed by atoms with Gasteiger partial charge in [0.2, 0.25) is 5.91 Å². The molecule has 0 radical (unpaired) electrons. The van der Waals surface area contributed by atoms with E-state index in [0.29, 0.717) is 38.8 Å². The SMILES string of the molecule is CC(C)C1=NNCC1C(=O)N1CCOCC1. The summed E-state index contributed by atoms with van der Waals surface area (Å²) in [7, 11) is 0. The monoisotopic (exact) mass is 225 g/mol. The molecule has 0 aromatic heterocycles. The molecular formula is C11H19N3O2. The molecule has 0 aromatic rings. The van der Waals surface area contributed by atoms with Crippen LogP contribution in [-0.2, 0) is 9.53 Å². The fourth-order valence-corrected chi connectivity index (χ4v) is 2.16. The van der Waals surface area contributed by atoms with E-state index in [1.165, 1.54) is 0 Å². The van der Waals surface area contributed by atoms with E-state index in [0.717, 1.165) is 5.71 Å². The normalized spacial score (nSPS) is 25.6. The quantitative estimate of drug-likeness (QED) is 0.724. The van der Waals surface area contributed by atoms with Gasteiger partial charge >= 0.3 is 0 Å². The Balaban J connectivity index is 2.01. The lowest BCUT2D eigenvalue weighted by atomic mass is 9.94. The topological polar surface area (TPSA) is 53.9 Å². The fraction of sp³-hybridized carbons (Fsp3) is 0.818. The first-order valence-electron chi connectivity index (χ1n) is 5.87. The summed E-state index contributed by atoms with van der Waals surface area (Å²) in [5.41, 5.74) is 3.92. The van der Waals surface area contributed by atoms with Gasteiger partial charge in [-0.1, -0.05) is 13.8 Å². The average Bonchev–Trinajstić information content (AvgIpc) is 2.78. The van der Waals surface area contributed by atoms with E-state index in [-0.39, 0.29) is 11.8 Å². The highest BCUT2D eigenvalue weighted by Crippen LogP contribution is 2.16. The number of hydrogen-bond acceptors (Lipinski definition) is 4. The lowest BCUT2D eigenvalue weighted by Gasteiger charge is -2.29. The number of carbonyl (C=O) groups excluding carboxylic acids is 1. The fourth-order valence-electron chi connectivity index (χ4n) is 2.16. The predicted molar refractivity (Wildman–Crippen MR) is 61.2 cm³/mol. The van der Waals surface area contributed by atoms with Crippen molar-refractivity contribution in [3.63, 3.8) is 0 Å². The second-order valence-corrected chi connectivity index (χ2v) is 4.54. The van der Waals surface area contributed by atoms with Crippen molar-refractivity contribution in [3.05, 3.63) is 0 Å². The summed E-state index contributed by atoms with van der Waals surface area (Å²) in [6.45, 7) is 7.52. The van der Waals surface area contributed by atoms with Crippen LogP contribution >= 0.6 is 0 Å². The Morgan fingerprint density at radius 1 is 1.50 bits per heavy atom. The Morgan fingerprint density at radius 2 is 2.19 bits per heavy atom. The van der Waals surface area contributed by atoms with Crippen molar-refractivity contribution < 1.29 is 9.53 Å². The van der Waals surface area contributed by atoms with Crippen molar-refractivity contribution in [2.45, 2.75) is 13.8 Å². The van der Waals surface area contributed by atoms with Crippen molar-refractivity contribution in [2.24, 2.45) is 16.9 Å². The molecule has 16 heavy (non-hydrogen) atoms. The number of amides is 1. The molecule has 90 valence electrons. The maximum absolute atomic E-state index is 12.3. The molecule has 1 atom stereocenters. The Kier molecular flexibility index (Phi) is 3.43. The van der Waals surface area contributed by atoms with E-state index in [4.69, 9.17) is 4.74 Å². The van der Waals surface area contributed by atoms with Crippen molar-refractivity contribution in [2.75, 3.05) is 32.8 Å². The molecule has 0 aliphatic carbocycles. The summed E-state index contributed by atoms with van der Waals surface area (Å²) in [4.78, 5) is 14.2. The van der Waals surface area contributed by atoms with Gasteiger partial charge in [-0.15, -0.1) is 0 Å². The summed E-state index contributed by atoms with van der Waals surface area (Å²) in [5, 5.41) is 4.22. The number of carbonyl (C=O) groups is 1. The molecule has 1 unspecified atom stereocenters. The van der Waals surface area contributed by atoms with Gasteiger partial charge in [-0.25, -0.2) is 0 Å². The van der Waals surface area contributed by atoms with Crippen molar-refractivity contribution in [1.82, 2.24) is 10.3 Å². The second kappa shape index (κ2) is 4.82. The smallest absolute Gasteiger partial charge is 0.233 e. The molecule has 1 fully saturated rings.